The van der Waals surface area contributed by atoms with Crippen LogP contribution in [0.2, 0.25) is 0 Å². The third kappa shape index (κ3) is 4.26. The van der Waals surface area contributed by atoms with Crippen LogP contribution in [0.25, 0.3) is 11.1 Å². The minimum Gasteiger partial charge on any atom is -0.478 e. The number of benzene rings is 2. The quantitative estimate of drug-likeness (QED) is 0.448. The van der Waals surface area contributed by atoms with E-state index in [4.69, 9.17) is 4.74 Å². The number of carbonyl (C=O) groups is 3. The zero-order valence-corrected chi connectivity index (χ0v) is 19.9. The monoisotopic (exact) mass is 479 g/mol. The summed E-state index contributed by atoms with van der Waals surface area (Å²) in [7, 11) is 0. The number of carboxylic acids is 1. The highest BCUT2D eigenvalue weighted by Crippen LogP contribution is 2.44. The molecule has 1 aliphatic rings. The van der Waals surface area contributed by atoms with E-state index in [1.807, 2.05) is 36.4 Å². The van der Waals surface area contributed by atoms with E-state index in [0.717, 1.165) is 33.8 Å². The van der Waals surface area contributed by atoms with Crippen molar-refractivity contribution in [3.63, 3.8) is 0 Å². The van der Waals surface area contributed by atoms with Crippen LogP contribution in [0.1, 0.15) is 53.4 Å². The summed E-state index contributed by atoms with van der Waals surface area (Å²) < 4.78 is 9.57. The van der Waals surface area contributed by atoms with Gasteiger partial charge in [-0.2, -0.15) is 4.37 Å². The molecule has 34 heavy (non-hydrogen) atoms. The first-order chi connectivity index (χ1) is 16.2. The van der Waals surface area contributed by atoms with E-state index >= 15 is 0 Å². The highest BCUT2D eigenvalue weighted by Gasteiger charge is 2.36. The van der Waals surface area contributed by atoms with E-state index in [1.54, 1.807) is 20.8 Å². The second kappa shape index (κ2) is 9.26. The zero-order chi connectivity index (χ0) is 24.5. The largest absolute Gasteiger partial charge is 0.478 e. The summed E-state index contributed by atoms with van der Waals surface area (Å²) in [5, 5.41) is 14.8. The van der Waals surface area contributed by atoms with Crippen molar-refractivity contribution in [1.82, 2.24) is 9.69 Å². The van der Waals surface area contributed by atoms with Gasteiger partial charge in [-0.1, -0.05) is 55.5 Å². The molecule has 0 bridgehead atoms. The highest BCUT2D eigenvalue weighted by atomic mass is 32.1. The molecule has 0 aliphatic heterocycles. The second-order valence-corrected chi connectivity index (χ2v) is 9.14. The van der Waals surface area contributed by atoms with Crippen LogP contribution in [0.5, 0.6) is 0 Å². The molecule has 2 aromatic carbocycles. The fourth-order valence-corrected chi connectivity index (χ4v) is 4.90. The van der Waals surface area contributed by atoms with E-state index < -0.39 is 23.5 Å². The maximum absolute atomic E-state index is 13.0. The van der Waals surface area contributed by atoms with Gasteiger partial charge in [0, 0.05) is 5.92 Å². The third-order valence-corrected chi connectivity index (χ3v) is 7.09. The molecule has 1 aromatic heterocycles. The first-order valence-corrected chi connectivity index (χ1v) is 11.7. The molecule has 0 spiro atoms. The number of aromatic carboxylic acids is 1. The lowest BCUT2D eigenvalue weighted by Gasteiger charge is -2.28. The molecule has 1 atom stereocenters. The van der Waals surface area contributed by atoms with Gasteiger partial charge >= 0.3 is 12.1 Å². The molecule has 0 saturated carbocycles. The lowest BCUT2D eigenvalue weighted by atomic mass is 9.97. The number of alkyl carbamates (subject to hydrolysis) is 1. The molecule has 8 nitrogen and oxygen atoms in total. The molecule has 3 aromatic rings. The highest BCUT2D eigenvalue weighted by molar-refractivity contribution is 7.11. The van der Waals surface area contributed by atoms with Crippen LogP contribution in [-0.4, -0.2) is 39.6 Å². The molecule has 9 heteroatoms. The number of nitrogens with one attached hydrogen (secondary N) is 2. The Morgan fingerprint density at radius 3 is 2.24 bits per heavy atom. The predicted molar refractivity (Wildman–Crippen MR) is 129 cm³/mol. The van der Waals surface area contributed by atoms with Crippen LogP contribution >= 0.6 is 11.5 Å². The van der Waals surface area contributed by atoms with Gasteiger partial charge in [0.2, 0.25) is 0 Å². The summed E-state index contributed by atoms with van der Waals surface area (Å²) in [5.74, 6) is -1.82. The normalized spacial score (nSPS) is 14.0. The summed E-state index contributed by atoms with van der Waals surface area (Å²) in [6.45, 7) is 5.00. The molecule has 0 fully saturated rings. The molecular weight excluding hydrogens is 454 g/mol. The average molecular weight is 480 g/mol. The molecule has 0 saturated heterocycles. The standard InChI is InChI=1S/C25H25N3O5S/c1-4-25(3,23(31)26-21-20(22(29)30)14(2)28-34-21)27-24(32)33-13-19-17-11-7-5-9-15(17)16-10-6-8-12-18(16)19/h5-12,19H,4,13H2,1-3H3,(H,26,31)(H,27,32)(H,29,30). The number of aromatic nitrogens is 1. The van der Waals surface area contributed by atoms with E-state index in [2.05, 4.69) is 27.1 Å². The minimum absolute atomic E-state index is 0.0575. The molecule has 1 heterocycles. The second-order valence-electron chi connectivity index (χ2n) is 8.37. The minimum atomic E-state index is -1.31. The maximum atomic E-state index is 13.0. The van der Waals surface area contributed by atoms with Crippen LogP contribution < -0.4 is 10.6 Å². The number of carboxylic acid groups (broad SMARTS) is 1. The fourth-order valence-electron chi connectivity index (χ4n) is 4.11. The number of fused-ring (bicyclic) bond motifs is 3. The summed E-state index contributed by atoms with van der Waals surface area (Å²) >= 11 is 0.886. The van der Waals surface area contributed by atoms with Gasteiger partial charge in [0.25, 0.3) is 5.91 Å². The van der Waals surface area contributed by atoms with E-state index in [9.17, 15) is 19.5 Å². The lowest BCUT2D eigenvalue weighted by molar-refractivity contribution is -0.121. The smallest absolute Gasteiger partial charge is 0.408 e. The first kappa shape index (κ1) is 23.4. The van der Waals surface area contributed by atoms with Crippen LogP contribution in [0.3, 0.4) is 0 Å². The van der Waals surface area contributed by atoms with Crippen molar-refractivity contribution in [1.29, 1.82) is 0 Å². The van der Waals surface area contributed by atoms with E-state index in [1.165, 1.54) is 0 Å². The number of anilines is 1. The predicted octanol–water partition coefficient (Wildman–Crippen LogP) is 4.80. The number of hydrogen-bond acceptors (Lipinski definition) is 6. The summed E-state index contributed by atoms with van der Waals surface area (Å²) in [5.41, 5.74) is 3.38. The Balaban J connectivity index is 1.45. The third-order valence-electron chi connectivity index (χ3n) is 6.23. The Morgan fingerprint density at radius 2 is 1.68 bits per heavy atom. The van der Waals surface area contributed by atoms with Gasteiger partial charge in [-0.25, -0.2) is 9.59 Å². The maximum Gasteiger partial charge on any atom is 0.408 e. The van der Waals surface area contributed by atoms with Crippen LogP contribution in [0.15, 0.2) is 48.5 Å². The molecule has 0 radical (unpaired) electrons. The number of ether oxygens (including phenoxy) is 1. The summed E-state index contributed by atoms with van der Waals surface area (Å²) in [4.78, 5) is 37.2. The number of rotatable bonds is 7. The summed E-state index contributed by atoms with van der Waals surface area (Å²) in [6, 6.07) is 16.1. The zero-order valence-electron chi connectivity index (χ0n) is 19.0. The Hall–Kier alpha value is -3.72. The Bertz CT molecular complexity index is 1230. The van der Waals surface area contributed by atoms with Crippen molar-refractivity contribution in [3.8, 4) is 11.1 Å². The van der Waals surface area contributed by atoms with Crippen molar-refractivity contribution in [2.45, 2.75) is 38.6 Å². The first-order valence-electron chi connectivity index (χ1n) is 10.9. The topological polar surface area (TPSA) is 118 Å². The van der Waals surface area contributed by atoms with Crippen molar-refractivity contribution >= 4 is 34.5 Å². The van der Waals surface area contributed by atoms with Gasteiger partial charge in [0.15, 0.2) is 0 Å². The van der Waals surface area contributed by atoms with Gasteiger partial charge < -0.3 is 20.5 Å². The van der Waals surface area contributed by atoms with Crippen LogP contribution in [0, 0.1) is 6.92 Å². The molecule has 3 N–H and O–H groups in total. The Morgan fingerprint density at radius 1 is 1.09 bits per heavy atom. The van der Waals surface area contributed by atoms with Crippen LogP contribution in [-0.2, 0) is 9.53 Å². The Labute approximate surface area is 201 Å². The van der Waals surface area contributed by atoms with Gasteiger partial charge in [-0.05, 0) is 54.1 Å². The van der Waals surface area contributed by atoms with E-state index in [-0.39, 0.29) is 29.5 Å². The number of nitrogens with zero attached hydrogens (tertiary/aromatic N) is 1. The van der Waals surface area contributed by atoms with Gasteiger partial charge in [-0.3, -0.25) is 4.79 Å². The van der Waals surface area contributed by atoms with Gasteiger partial charge in [0.05, 0.1) is 5.69 Å². The van der Waals surface area contributed by atoms with Crippen LogP contribution in [0.4, 0.5) is 9.80 Å². The summed E-state index contributed by atoms with van der Waals surface area (Å²) in [6.07, 6.45) is -0.455. The van der Waals surface area contributed by atoms with E-state index in [0.29, 0.717) is 5.69 Å². The van der Waals surface area contributed by atoms with Crippen molar-refractivity contribution in [2.75, 3.05) is 11.9 Å². The van der Waals surface area contributed by atoms with Crippen molar-refractivity contribution < 1.29 is 24.2 Å². The molecule has 1 unspecified atom stereocenters. The molecule has 4 rings (SSSR count). The number of aryl methyl sites for hydroxylation is 1. The fraction of sp³-hybridized carbons (Fsp3) is 0.280. The SMILES string of the molecule is CCC(C)(NC(=O)OCC1c2ccccc2-c2ccccc21)C(=O)Nc1snc(C)c1C(=O)O. The number of amides is 2. The molecular formula is C25H25N3O5S. The molecule has 1 aliphatic carbocycles. The molecule has 2 amide bonds. The average Bonchev–Trinajstić information content (AvgIpc) is 3.35. The molecule has 176 valence electrons. The van der Waals surface area contributed by atoms with Crippen molar-refractivity contribution in [2.24, 2.45) is 0 Å². The Kier molecular flexibility index (Phi) is 6.39. The number of hydrogen-bond donors (Lipinski definition) is 3. The lowest BCUT2D eigenvalue weighted by Crippen LogP contribution is -2.54. The number of carbonyl (C=O) groups excluding carboxylic acids is 2. The van der Waals surface area contributed by atoms with Gasteiger partial charge in [0.1, 0.15) is 22.7 Å². The van der Waals surface area contributed by atoms with Gasteiger partial charge in [-0.15, -0.1) is 0 Å². The van der Waals surface area contributed by atoms with Crippen molar-refractivity contribution in [3.05, 3.63) is 70.9 Å².